The first-order chi connectivity index (χ1) is 14.3. The van der Waals surface area contributed by atoms with E-state index in [-0.39, 0.29) is 0 Å². The molecule has 0 aliphatic rings. The predicted molar refractivity (Wildman–Crippen MR) is 112 cm³/mol. The van der Waals surface area contributed by atoms with Crippen LogP contribution in [0.2, 0.25) is 10.0 Å². The number of hydrogen-bond acceptors (Lipinski definition) is 2. The highest BCUT2D eigenvalue weighted by Crippen LogP contribution is 2.27. The Morgan fingerprint density at radius 3 is 2.13 bits per heavy atom. The molecule has 2 aromatic rings. The zero-order chi connectivity index (χ0) is 22.3. The number of hydrogen-bond donors (Lipinski definition) is 1. The van der Waals surface area contributed by atoms with Crippen molar-refractivity contribution in [3.8, 4) is 0 Å². The Labute approximate surface area is 181 Å². The number of nitrogens with zero attached hydrogens (tertiary/aromatic N) is 1. The van der Waals surface area contributed by atoms with Gasteiger partial charge in [-0.15, -0.1) is 0 Å². The molecule has 0 radical (unpaired) electrons. The van der Waals surface area contributed by atoms with Crippen LogP contribution in [-0.2, 0) is 0 Å². The van der Waals surface area contributed by atoms with Gasteiger partial charge in [0.25, 0.3) is 0 Å². The summed E-state index contributed by atoms with van der Waals surface area (Å²) >= 11 is 11.8. The lowest BCUT2D eigenvalue weighted by Crippen LogP contribution is -2.08. The van der Waals surface area contributed by atoms with E-state index in [0.29, 0.717) is 27.7 Å². The average molecular weight is 465 g/mol. The fourth-order valence-electron chi connectivity index (χ4n) is 2.55. The summed E-state index contributed by atoms with van der Waals surface area (Å²) in [4.78, 5) is 0. The van der Waals surface area contributed by atoms with E-state index in [0.717, 1.165) is 25.7 Å². The molecule has 0 saturated heterocycles. The van der Waals surface area contributed by atoms with Crippen molar-refractivity contribution in [1.29, 1.82) is 0 Å². The number of unbranched alkanes of at least 4 members (excludes halogenated alkanes) is 3. The Hall–Kier alpha value is -2.12. The molecule has 0 aromatic heterocycles. The number of allylic oxidation sites excluding steroid dienone is 1. The molecule has 0 bridgehead atoms. The van der Waals surface area contributed by atoms with Gasteiger partial charge in [-0.1, -0.05) is 61.5 Å². The van der Waals surface area contributed by atoms with Gasteiger partial charge in [0.05, 0.1) is 15.8 Å². The van der Waals surface area contributed by atoms with Gasteiger partial charge in [0.2, 0.25) is 5.82 Å². The third kappa shape index (κ3) is 6.19. The topological polar surface area (TPSA) is 24.4 Å². The van der Waals surface area contributed by atoms with Crippen molar-refractivity contribution >= 4 is 40.7 Å². The normalized spacial score (nSPS) is 12.1. The smallest absolute Gasteiger partial charge is 0.200 e. The van der Waals surface area contributed by atoms with Gasteiger partial charge in [-0.25, -0.2) is 22.0 Å². The van der Waals surface area contributed by atoms with E-state index in [2.05, 4.69) is 5.10 Å². The first-order valence-corrected chi connectivity index (χ1v) is 9.99. The fourth-order valence-corrected chi connectivity index (χ4v) is 2.86. The second kappa shape index (κ2) is 11.3. The number of benzene rings is 2. The van der Waals surface area contributed by atoms with E-state index in [1.807, 2.05) is 12.3 Å². The van der Waals surface area contributed by atoms with E-state index >= 15 is 0 Å². The van der Waals surface area contributed by atoms with Gasteiger partial charge in [0.1, 0.15) is 5.69 Å². The number of anilines is 1. The molecular formula is C21H19Cl2F5N2. The zero-order valence-electron chi connectivity index (χ0n) is 16.0. The molecule has 1 N–H and O–H groups in total. The van der Waals surface area contributed by atoms with E-state index in [1.165, 1.54) is 0 Å². The summed E-state index contributed by atoms with van der Waals surface area (Å²) in [6, 6.07) is 4.93. The van der Waals surface area contributed by atoms with Crippen molar-refractivity contribution < 1.29 is 22.0 Å². The van der Waals surface area contributed by atoms with Crippen molar-refractivity contribution in [1.82, 2.24) is 0 Å². The summed E-state index contributed by atoms with van der Waals surface area (Å²) in [7, 11) is 0. The minimum absolute atomic E-state index is 0.347. The van der Waals surface area contributed by atoms with Gasteiger partial charge >= 0.3 is 0 Å². The van der Waals surface area contributed by atoms with Crippen molar-refractivity contribution in [2.45, 2.75) is 39.0 Å². The second-order valence-electron chi connectivity index (χ2n) is 6.48. The molecule has 0 amide bonds. The maximum Gasteiger partial charge on any atom is 0.200 e. The van der Waals surface area contributed by atoms with Crippen LogP contribution in [0.4, 0.5) is 27.6 Å². The van der Waals surface area contributed by atoms with Crippen LogP contribution >= 0.6 is 23.2 Å². The molecule has 0 aliphatic carbocycles. The maximum absolute atomic E-state index is 13.8. The zero-order valence-corrected chi connectivity index (χ0v) is 17.5. The fraction of sp³-hybridized carbons (Fsp3) is 0.286. The molecule has 30 heavy (non-hydrogen) atoms. The Morgan fingerprint density at radius 1 is 0.900 bits per heavy atom. The molecule has 2 nitrogen and oxygen atoms in total. The minimum Gasteiger partial charge on any atom is -0.272 e. The second-order valence-corrected chi connectivity index (χ2v) is 7.29. The van der Waals surface area contributed by atoms with Gasteiger partial charge < -0.3 is 0 Å². The molecule has 0 unspecified atom stereocenters. The van der Waals surface area contributed by atoms with E-state index in [9.17, 15) is 22.0 Å². The molecule has 9 heteroatoms. The highest BCUT2D eigenvalue weighted by atomic mass is 35.5. The van der Waals surface area contributed by atoms with Crippen molar-refractivity contribution in [3.63, 3.8) is 0 Å². The largest absolute Gasteiger partial charge is 0.272 e. The van der Waals surface area contributed by atoms with Crippen LogP contribution in [-0.4, -0.2) is 5.71 Å². The number of hydrazone groups is 1. The van der Waals surface area contributed by atoms with Crippen molar-refractivity contribution in [2.75, 3.05) is 5.43 Å². The molecule has 0 fully saturated rings. The van der Waals surface area contributed by atoms with Gasteiger partial charge in [0, 0.05) is 0 Å². The summed E-state index contributed by atoms with van der Waals surface area (Å²) in [5, 5.41) is 4.60. The Balaban J connectivity index is 2.29. The van der Waals surface area contributed by atoms with Crippen LogP contribution in [0.1, 0.15) is 44.6 Å². The third-order valence-electron chi connectivity index (χ3n) is 4.22. The molecule has 0 atom stereocenters. The van der Waals surface area contributed by atoms with Crippen LogP contribution in [0.15, 0.2) is 29.4 Å². The lowest BCUT2D eigenvalue weighted by atomic mass is 10.1. The van der Waals surface area contributed by atoms with Gasteiger partial charge in [-0.05, 0) is 36.6 Å². The molecular weight excluding hydrogens is 446 g/mol. The molecule has 2 aromatic carbocycles. The molecule has 162 valence electrons. The average Bonchev–Trinajstić information content (AvgIpc) is 2.73. The number of halogens is 7. The minimum atomic E-state index is -2.22. The molecule has 0 spiro atoms. The Bertz CT molecular complexity index is 932. The summed E-state index contributed by atoms with van der Waals surface area (Å²) in [5.41, 5.74) is 1.83. The first kappa shape index (κ1) is 24.2. The van der Waals surface area contributed by atoms with E-state index in [4.69, 9.17) is 23.2 Å². The van der Waals surface area contributed by atoms with Gasteiger partial charge in [-0.2, -0.15) is 5.10 Å². The van der Waals surface area contributed by atoms with E-state index in [1.54, 1.807) is 30.4 Å². The molecule has 0 aliphatic heterocycles. The lowest BCUT2D eigenvalue weighted by molar-refractivity contribution is 0.381. The molecule has 0 heterocycles. The highest BCUT2D eigenvalue weighted by Gasteiger charge is 2.25. The predicted octanol–water partition coefficient (Wildman–Crippen LogP) is 8.14. The Morgan fingerprint density at radius 2 is 1.53 bits per heavy atom. The van der Waals surface area contributed by atoms with Gasteiger partial charge in [0.15, 0.2) is 23.3 Å². The third-order valence-corrected chi connectivity index (χ3v) is 4.96. The van der Waals surface area contributed by atoms with Crippen LogP contribution in [0.5, 0.6) is 0 Å². The van der Waals surface area contributed by atoms with Crippen molar-refractivity contribution in [2.24, 2.45) is 5.10 Å². The van der Waals surface area contributed by atoms with Crippen LogP contribution in [0, 0.1) is 29.1 Å². The SMILES string of the molecule is CCCCCCC(/C=C/c1ccc(Cl)c(Cl)c1)=N/Nc1c(F)c(F)c(F)c(F)c1F. The van der Waals surface area contributed by atoms with Crippen LogP contribution < -0.4 is 5.43 Å². The summed E-state index contributed by atoms with van der Waals surface area (Å²) in [6.07, 6.45) is 7.30. The molecule has 0 saturated carbocycles. The quantitative estimate of drug-likeness (QED) is 0.0992. The Kier molecular flexibility index (Phi) is 9.11. The maximum atomic E-state index is 13.8. The van der Waals surface area contributed by atoms with E-state index < -0.39 is 34.8 Å². The summed E-state index contributed by atoms with van der Waals surface area (Å²) < 4.78 is 67.6. The van der Waals surface area contributed by atoms with Crippen LogP contribution in [0.25, 0.3) is 6.08 Å². The summed E-state index contributed by atoms with van der Waals surface area (Å²) in [6.45, 7) is 2.05. The number of rotatable bonds is 9. The van der Waals surface area contributed by atoms with Crippen LogP contribution in [0.3, 0.4) is 0 Å². The monoisotopic (exact) mass is 464 g/mol. The lowest BCUT2D eigenvalue weighted by Gasteiger charge is -2.09. The summed E-state index contributed by atoms with van der Waals surface area (Å²) in [5.74, 6) is -10.3. The van der Waals surface area contributed by atoms with Crippen molar-refractivity contribution in [3.05, 3.63) is 69.0 Å². The standard InChI is InChI=1S/C21H19Cl2F5N2/c1-2-3-4-5-6-13(9-7-12-8-10-14(22)15(23)11-12)29-30-21-19(27)17(25)16(24)18(26)20(21)28/h7-11,30H,2-6H2,1H3/b9-7+,29-13-. The van der Waals surface area contributed by atoms with Gasteiger partial charge in [-0.3, -0.25) is 5.43 Å². The highest BCUT2D eigenvalue weighted by molar-refractivity contribution is 6.42. The molecule has 2 rings (SSSR count). The number of nitrogens with one attached hydrogen (secondary N) is 1. The first-order valence-electron chi connectivity index (χ1n) is 9.23.